The molecule has 1 saturated heterocycles. The smallest absolute Gasteiger partial charge is 0.270 e. The van der Waals surface area contributed by atoms with Crippen molar-refractivity contribution in [2.45, 2.75) is 18.4 Å². The maximum absolute atomic E-state index is 12.0. The van der Waals surface area contributed by atoms with Gasteiger partial charge in [0, 0.05) is 5.02 Å². The zero-order valence-corrected chi connectivity index (χ0v) is 12.4. The minimum atomic E-state index is -1.29. The molecule has 104 valence electrons. The van der Waals surface area contributed by atoms with Crippen LogP contribution in [0, 0.1) is 0 Å². The highest BCUT2D eigenvalue weighted by Crippen LogP contribution is 2.28. The van der Waals surface area contributed by atoms with E-state index in [1.807, 2.05) is 0 Å². The fraction of sp³-hybridized carbons (Fsp3) is 0.417. The molecule has 0 aliphatic carbocycles. The highest BCUT2D eigenvalue weighted by molar-refractivity contribution is 7.99. The SMILES string of the molecule is O=C(NNc1ccc(Cl)cc1Cl)C1(O)CCSCC1. The fourth-order valence-electron chi connectivity index (χ4n) is 1.77. The molecule has 1 aliphatic rings. The van der Waals surface area contributed by atoms with E-state index >= 15 is 0 Å². The lowest BCUT2D eigenvalue weighted by atomic mass is 9.96. The molecule has 0 unspecified atom stereocenters. The first-order chi connectivity index (χ1) is 9.01. The van der Waals surface area contributed by atoms with E-state index in [0.29, 0.717) is 28.6 Å². The summed E-state index contributed by atoms with van der Waals surface area (Å²) in [5.74, 6) is 1.14. The summed E-state index contributed by atoms with van der Waals surface area (Å²) in [6.45, 7) is 0. The molecule has 0 radical (unpaired) electrons. The van der Waals surface area contributed by atoms with Crippen LogP contribution in [0.2, 0.25) is 10.0 Å². The number of hydrogen-bond acceptors (Lipinski definition) is 4. The lowest BCUT2D eigenvalue weighted by molar-refractivity contribution is -0.139. The molecule has 0 atom stereocenters. The number of halogens is 2. The number of carbonyl (C=O) groups excluding carboxylic acids is 1. The number of hydrogen-bond donors (Lipinski definition) is 3. The molecule has 3 N–H and O–H groups in total. The van der Waals surface area contributed by atoms with Gasteiger partial charge in [-0.1, -0.05) is 23.2 Å². The van der Waals surface area contributed by atoms with Gasteiger partial charge in [-0.3, -0.25) is 15.6 Å². The summed E-state index contributed by atoms with van der Waals surface area (Å²) in [5, 5.41) is 11.1. The molecule has 7 heteroatoms. The Hall–Kier alpha value is -0.620. The highest BCUT2D eigenvalue weighted by Gasteiger charge is 2.37. The third kappa shape index (κ3) is 3.69. The third-order valence-electron chi connectivity index (χ3n) is 2.98. The molecule has 1 aromatic rings. The predicted octanol–water partition coefficient (Wildman–Crippen LogP) is 2.69. The maximum atomic E-state index is 12.0. The number of rotatable bonds is 3. The van der Waals surface area contributed by atoms with E-state index < -0.39 is 11.5 Å². The highest BCUT2D eigenvalue weighted by atomic mass is 35.5. The van der Waals surface area contributed by atoms with E-state index in [9.17, 15) is 9.90 Å². The van der Waals surface area contributed by atoms with Crippen LogP contribution in [0.15, 0.2) is 18.2 Å². The Morgan fingerprint density at radius 2 is 2.00 bits per heavy atom. The van der Waals surface area contributed by atoms with Gasteiger partial charge in [-0.25, -0.2) is 0 Å². The average Bonchev–Trinajstić information content (AvgIpc) is 2.38. The number of anilines is 1. The minimum absolute atomic E-state index is 0.402. The monoisotopic (exact) mass is 320 g/mol. The Labute approximate surface area is 125 Å². The first kappa shape index (κ1) is 14.8. The Morgan fingerprint density at radius 3 is 2.63 bits per heavy atom. The Kier molecular flexibility index (Phi) is 4.84. The predicted molar refractivity (Wildman–Crippen MR) is 79.7 cm³/mol. The molecule has 0 bridgehead atoms. The largest absolute Gasteiger partial charge is 0.380 e. The Bertz CT molecular complexity index is 479. The molecule has 1 fully saturated rings. The van der Waals surface area contributed by atoms with Crippen LogP contribution in [-0.2, 0) is 4.79 Å². The van der Waals surface area contributed by atoms with Crippen LogP contribution < -0.4 is 10.9 Å². The fourth-order valence-corrected chi connectivity index (χ4v) is 3.39. The lowest BCUT2D eigenvalue weighted by Gasteiger charge is -2.30. The number of thioether (sulfide) groups is 1. The number of benzene rings is 1. The standard InChI is InChI=1S/C12H14Cl2N2O2S/c13-8-1-2-10(9(14)7-8)15-16-11(17)12(18)3-5-19-6-4-12/h1-2,7,15,18H,3-6H2,(H,16,17). The van der Waals surface area contributed by atoms with Crippen LogP contribution in [0.1, 0.15) is 12.8 Å². The van der Waals surface area contributed by atoms with E-state index in [-0.39, 0.29) is 0 Å². The van der Waals surface area contributed by atoms with Gasteiger partial charge < -0.3 is 5.11 Å². The van der Waals surface area contributed by atoms with Crippen molar-refractivity contribution in [2.75, 3.05) is 16.9 Å². The summed E-state index contributed by atoms with van der Waals surface area (Å²) in [4.78, 5) is 12.0. The first-order valence-electron chi connectivity index (χ1n) is 5.83. The second-order valence-corrected chi connectivity index (χ2v) is 6.42. The van der Waals surface area contributed by atoms with Gasteiger partial charge in [-0.15, -0.1) is 0 Å². The summed E-state index contributed by atoms with van der Waals surface area (Å²) in [7, 11) is 0. The lowest BCUT2D eigenvalue weighted by Crippen LogP contribution is -2.50. The normalized spacial score (nSPS) is 17.8. The first-order valence-corrected chi connectivity index (χ1v) is 7.74. The number of amides is 1. The summed E-state index contributed by atoms with van der Waals surface area (Å²) < 4.78 is 0. The van der Waals surface area contributed by atoms with E-state index in [4.69, 9.17) is 23.2 Å². The van der Waals surface area contributed by atoms with E-state index in [1.165, 1.54) is 0 Å². The van der Waals surface area contributed by atoms with Crippen LogP contribution in [0.5, 0.6) is 0 Å². The Balaban J connectivity index is 1.96. The molecule has 1 aromatic carbocycles. The van der Waals surface area contributed by atoms with Gasteiger partial charge in [-0.05, 0) is 42.5 Å². The van der Waals surface area contributed by atoms with Crippen LogP contribution in [0.25, 0.3) is 0 Å². The molecule has 0 spiro atoms. The average molecular weight is 321 g/mol. The van der Waals surface area contributed by atoms with Crippen molar-refractivity contribution in [1.29, 1.82) is 0 Å². The van der Waals surface area contributed by atoms with E-state index in [2.05, 4.69) is 10.9 Å². The minimum Gasteiger partial charge on any atom is -0.380 e. The zero-order chi connectivity index (χ0) is 13.9. The molecule has 0 saturated carbocycles. The molecule has 1 amide bonds. The zero-order valence-electron chi connectivity index (χ0n) is 10.1. The quantitative estimate of drug-likeness (QED) is 0.749. The van der Waals surface area contributed by atoms with Gasteiger partial charge in [0.2, 0.25) is 0 Å². The molecular weight excluding hydrogens is 307 g/mol. The Morgan fingerprint density at radius 1 is 1.32 bits per heavy atom. The van der Waals surface area contributed by atoms with E-state index in [1.54, 1.807) is 30.0 Å². The van der Waals surface area contributed by atoms with Crippen molar-refractivity contribution in [3.05, 3.63) is 28.2 Å². The molecule has 2 rings (SSSR count). The van der Waals surface area contributed by atoms with Crippen molar-refractivity contribution < 1.29 is 9.90 Å². The van der Waals surface area contributed by atoms with Crippen molar-refractivity contribution in [1.82, 2.24) is 5.43 Å². The summed E-state index contributed by atoms with van der Waals surface area (Å²) in [6, 6.07) is 4.89. The van der Waals surface area contributed by atoms with Gasteiger partial charge in [0.15, 0.2) is 0 Å². The molecule has 0 aromatic heterocycles. The molecule has 1 aliphatic heterocycles. The second kappa shape index (κ2) is 6.22. The van der Waals surface area contributed by atoms with Gasteiger partial charge in [-0.2, -0.15) is 11.8 Å². The second-order valence-electron chi connectivity index (χ2n) is 4.35. The number of carbonyl (C=O) groups is 1. The van der Waals surface area contributed by atoms with Crippen LogP contribution in [-0.4, -0.2) is 28.1 Å². The summed E-state index contributed by atoms with van der Waals surface area (Å²) in [5.41, 5.74) is 4.44. The van der Waals surface area contributed by atoms with Crippen LogP contribution in [0.4, 0.5) is 5.69 Å². The molecule has 19 heavy (non-hydrogen) atoms. The van der Waals surface area contributed by atoms with E-state index in [0.717, 1.165) is 11.5 Å². The van der Waals surface area contributed by atoms with Gasteiger partial charge >= 0.3 is 0 Å². The van der Waals surface area contributed by atoms with Crippen molar-refractivity contribution >= 4 is 46.6 Å². The summed E-state index contributed by atoms with van der Waals surface area (Å²) >= 11 is 13.5. The molecule has 1 heterocycles. The van der Waals surface area contributed by atoms with Gasteiger partial charge in [0.25, 0.3) is 5.91 Å². The van der Waals surface area contributed by atoms with Gasteiger partial charge in [0.1, 0.15) is 5.60 Å². The molecular formula is C12H14Cl2N2O2S. The topological polar surface area (TPSA) is 61.4 Å². The van der Waals surface area contributed by atoms with Crippen molar-refractivity contribution in [2.24, 2.45) is 0 Å². The number of hydrazine groups is 1. The third-order valence-corrected chi connectivity index (χ3v) is 4.52. The maximum Gasteiger partial charge on any atom is 0.270 e. The van der Waals surface area contributed by atoms with Crippen molar-refractivity contribution in [3.8, 4) is 0 Å². The van der Waals surface area contributed by atoms with Crippen molar-refractivity contribution in [3.63, 3.8) is 0 Å². The number of aliphatic hydroxyl groups is 1. The van der Waals surface area contributed by atoms with Gasteiger partial charge in [0.05, 0.1) is 10.7 Å². The summed E-state index contributed by atoms with van der Waals surface area (Å²) in [6.07, 6.45) is 0.916. The van der Waals surface area contributed by atoms with Crippen LogP contribution in [0.3, 0.4) is 0 Å². The molecule has 4 nitrogen and oxygen atoms in total. The van der Waals surface area contributed by atoms with Crippen LogP contribution >= 0.6 is 35.0 Å². The number of nitrogens with one attached hydrogen (secondary N) is 2.